The van der Waals surface area contributed by atoms with Crippen LogP contribution in [0.15, 0.2) is 18.2 Å². The first-order chi connectivity index (χ1) is 9.03. The number of methoxy groups -OCH3 is 1. The summed E-state index contributed by atoms with van der Waals surface area (Å²) in [5.41, 5.74) is 1.63. The van der Waals surface area contributed by atoms with Crippen molar-refractivity contribution in [1.82, 2.24) is 4.90 Å². The number of hydrogen-bond acceptors (Lipinski definition) is 4. The Balaban J connectivity index is 3.12. The normalized spacial score (nSPS) is 12.1. The highest BCUT2D eigenvalue weighted by molar-refractivity contribution is 5.62. The van der Waals surface area contributed by atoms with Crippen molar-refractivity contribution in [2.24, 2.45) is 0 Å². The Labute approximate surface area is 116 Å². The molecule has 1 rings (SSSR count). The van der Waals surface area contributed by atoms with E-state index in [0.29, 0.717) is 11.6 Å². The Bertz CT molecular complexity index is 451. The van der Waals surface area contributed by atoms with Crippen molar-refractivity contribution >= 4 is 5.69 Å². The zero-order valence-corrected chi connectivity index (χ0v) is 12.5. The van der Waals surface area contributed by atoms with Crippen LogP contribution in [0.25, 0.3) is 0 Å². The van der Waals surface area contributed by atoms with E-state index in [4.69, 9.17) is 4.74 Å². The Hall–Kier alpha value is -1.73. The molecule has 0 spiro atoms. The molecular formula is C15H23N3O. The highest BCUT2D eigenvalue weighted by Crippen LogP contribution is 2.27. The number of hydrogen-bond donors (Lipinski definition) is 0. The van der Waals surface area contributed by atoms with E-state index in [2.05, 4.69) is 43.8 Å². The lowest BCUT2D eigenvalue weighted by Crippen LogP contribution is -2.40. The Kier molecular flexibility index (Phi) is 5.65. The highest BCUT2D eigenvalue weighted by atomic mass is 16.5. The van der Waals surface area contributed by atoms with E-state index in [9.17, 15) is 5.26 Å². The molecule has 0 aliphatic carbocycles. The van der Waals surface area contributed by atoms with Gasteiger partial charge in [0, 0.05) is 25.2 Å². The zero-order valence-electron chi connectivity index (χ0n) is 12.5. The smallest absolute Gasteiger partial charge is 0.121 e. The second-order valence-corrected chi connectivity index (χ2v) is 4.89. The topological polar surface area (TPSA) is 39.5 Å². The third-order valence-electron chi connectivity index (χ3n) is 3.14. The highest BCUT2D eigenvalue weighted by Gasteiger charge is 2.17. The monoisotopic (exact) mass is 261 g/mol. The van der Waals surface area contributed by atoms with E-state index in [-0.39, 0.29) is 0 Å². The van der Waals surface area contributed by atoms with Crippen molar-refractivity contribution in [3.05, 3.63) is 23.8 Å². The first-order valence-corrected chi connectivity index (χ1v) is 6.53. The molecule has 0 fully saturated rings. The summed E-state index contributed by atoms with van der Waals surface area (Å²) in [6.45, 7) is 6.07. The summed E-state index contributed by atoms with van der Waals surface area (Å²) in [6.07, 6.45) is 0. The van der Waals surface area contributed by atoms with Gasteiger partial charge in [-0.3, -0.25) is 0 Å². The molecule has 1 unspecified atom stereocenters. The molecule has 0 amide bonds. The van der Waals surface area contributed by atoms with Gasteiger partial charge in [0.05, 0.1) is 18.4 Å². The molecule has 1 aromatic rings. The summed E-state index contributed by atoms with van der Waals surface area (Å²) < 4.78 is 5.26. The van der Waals surface area contributed by atoms with E-state index >= 15 is 0 Å². The van der Waals surface area contributed by atoms with Crippen LogP contribution in [0.5, 0.6) is 5.75 Å². The van der Waals surface area contributed by atoms with Crippen LogP contribution >= 0.6 is 0 Å². The van der Waals surface area contributed by atoms with Crippen molar-refractivity contribution in [2.75, 3.05) is 39.2 Å². The minimum Gasteiger partial charge on any atom is -0.497 e. The van der Waals surface area contributed by atoms with Crippen LogP contribution in [0.4, 0.5) is 5.69 Å². The van der Waals surface area contributed by atoms with E-state index in [1.54, 1.807) is 7.11 Å². The molecule has 0 N–H and O–H groups in total. The SMILES string of the molecule is CCN(c1cc(OC)ccc1C#N)C(C)CN(C)C. The van der Waals surface area contributed by atoms with Gasteiger partial charge in [-0.15, -0.1) is 0 Å². The van der Waals surface area contributed by atoms with Gasteiger partial charge in [-0.05, 0) is 40.1 Å². The minimum absolute atomic E-state index is 0.333. The molecule has 0 bridgehead atoms. The van der Waals surface area contributed by atoms with Gasteiger partial charge in [0.25, 0.3) is 0 Å². The fourth-order valence-corrected chi connectivity index (χ4v) is 2.32. The summed E-state index contributed by atoms with van der Waals surface area (Å²) in [7, 11) is 5.76. The van der Waals surface area contributed by atoms with Crippen LogP contribution in [0, 0.1) is 11.3 Å². The van der Waals surface area contributed by atoms with Crippen molar-refractivity contribution in [2.45, 2.75) is 19.9 Å². The molecule has 0 saturated carbocycles. The van der Waals surface area contributed by atoms with Gasteiger partial charge in [0.15, 0.2) is 0 Å². The van der Waals surface area contributed by atoms with Crippen LogP contribution in [-0.2, 0) is 0 Å². The van der Waals surface area contributed by atoms with Crippen LogP contribution < -0.4 is 9.64 Å². The van der Waals surface area contributed by atoms with Gasteiger partial charge in [0.1, 0.15) is 11.8 Å². The summed E-state index contributed by atoms with van der Waals surface area (Å²) in [5, 5.41) is 9.26. The predicted molar refractivity (Wildman–Crippen MR) is 78.7 cm³/mol. The zero-order chi connectivity index (χ0) is 14.4. The summed E-state index contributed by atoms with van der Waals surface area (Å²) in [6, 6.07) is 8.17. The molecule has 104 valence electrons. The predicted octanol–water partition coefficient (Wildman–Crippen LogP) is 2.34. The van der Waals surface area contributed by atoms with Crippen LogP contribution in [-0.4, -0.2) is 45.2 Å². The maximum absolute atomic E-state index is 9.26. The minimum atomic E-state index is 0.333. The number of nitrogens with zero attached hydrogens (tertiary/aromatic N) is 3. The number of anilines is 1. The maximum Gasteiger partial charge on any atom is 0.121 e. The van der Waals surface area contributed by atoms with Crippen molar-refractivity contribution in [3.8, 4) is 11.8 Å². The summed E-state index contributed by atoms with van der Waals surface area (Å²) in [4.78, 5) is 4.39. The lowest BCUT2D eigenvalue weighted by molar-refractivity contribution is 0.372. The lowest BCUT2D eigenvalue weighted by Gasteiger charge is -2.32. The van der Waals surface area contributed by atoms with Crippen molar-refractivity contribution in [3.63, 3.8) is 0 Å². The average Bonchev–Trinajstić information content (AvgIpc) is 2.38. The van der Waals surface area contributed by atoms with E-state index in [0.717, 1.165) is 24.5 Å². The third-order valence-corrected chi connectivity index (χ3v) is 3.14. The molecule has 0 radical (unpaired) electrons. The van der Waals surface area contributed by atoms with Gasteiger partial charge in [-0.1, -0.05) is 0 Å². The lowest BCUT2D eigenvalue weighted by atomic mass is 10.1. The Morgan fingerprint density at radius 1 is 1.37 bits per heavy atom. The van der Waals surface area contributed by atoms with Gasteiger partial charge in [-0.25, -0.2) is 0 Å². The first-order valence-electron chi connectivity index (χ1n) is 6.53. The fraction of sp³-hybridized carbons (Fsp3) is 0.533. The molecule has 0 aromatic heterocycles. The molecule has 19 heavy (non-hydrogen) atoms. The Morgan fingerprint density at radius 2 is 2.05 bits per heavy atom. The van der Waals surface area contributed by atoms with Crippen LogP contribution in [0.2, 0.25) is 0 Å². The van der Waals surface area contributed by atoms with E-state index in [1.165, 1.54) is 0 Å². The molecule has 4 heteroatoms. The number of nitriles is 1. The summed E-state index contributed by atoms with van der Waals surface area (Å²) >= 11 is 0. The third kappa shape index (κ3) is 3.87. The molecular weight excluding hydrogens is 238 g/mol. The van der Waals surface area contributed by atoms with Gasteiger partial charge in [0.2, 0.25) is 0 Å². The van der Waals surface area contributed by atoms with Crippen molar-refractivity contribution < 1.29 is 4.74 Å². The van der Waals surface area contributed by atoms with E-state index < -0.39 is 0 Å². The van der Waals surface area contributed by atoms with Gasteiger partial charge >= 0.3 is 0 Å². The number of benzene rings is 1. The van der Waals surface area contributed by atoms with Gasteiger partial charge < -0.3 is 14.5 Å². The molecule has 0 heterocycles. The summed E-state index contributed by atoms with van der Waals surface area (Å²) in [5.74, 6) is 0.782. The molecule has 1 aromatic carbocycles. The molecule has 0 aliphatic heterocycles. The Morgan fingerprint density at radius 3 is 2.53 bits per heavy atom. The van der Waals surface area contributed by atoms with E-state index in [1.807, 2.05) is 18.2 Å². The number of likely N-dealkylation sites (N-methyl/N-ethyl adjacent to an activating group) is 2. The maximum atomic E-state index is 9.26. The van der Waals surface area contributed by atoms with Crippen molar-refractivity contribution in [1.29, 1.82) is 5.26 Å². The average molecular weight is 261 g/mol. The largest absolute Gasteiger partial charge is 0.497 e. The number of ether oxygens (including phenoxy) is 1. The molecule has 0 saturated heterocycles. The number of rotatable bonds is 6. The molecule has 1 atom stereocenters. The molecule has 4 nitrogen and oxygen atoms in total. The van der Waals surface area contributed by atoms with Crippen LogP contribution in [0.3, 0.4) is 0 Å². The second-order valence-electron chi connectivity index (χ2n) is 4.89. The van der Waals surface area contributed by atoms with Gasteiger partial charge in [-0.2, -0.15) is 5.26 Å². The quantitative estimate of drug-likeness (QED) is 0.788. The first kappa shape index (κ1) is 15.3. The van der Waals surface area contributed by atoms with Crippen LogP contribution in [0.1, 0.15) is 19.4 Å². The second kappa shape index (κ2) is 7.01. The standard InChI is InChI=1S/C15H23N3O/c1-6-18(12(2)11-17(3)4)15-9-14(19-5)8-7-13(15)10-16/h7-9,12H,6,11H2,1-5H3. The fourth-order valence-electron chi connectivity index (χ4n) is 2.32. The molecule has 0 aliphatic rings.